The van der Waals surface area contributed by atoms with Gasteiger partial charge in [0.05, 0.1) is 12.2 Å². The highest BCUT2D eigenvalue weighted by atomic mass is 16.3. The average Bonchev–Trinajstić information content (AvgIpc) is 3.34. The van der Waals surface area contributed by atoms with Gasteiger partial charge in [0.2, 0.25) is 5.89 Å². The zero-order valence-corrected chi connectivity index (χ0v) is 15.0. The Morgan fingerprint density at radius 2 is 2.00 bits per heavy atom. The number of rotatable bonds is 7. The second-order valence-corrected chi connectivity index (χ2v) is 6.66. The first-order chi connectivity index (χ1) is 12.3. The maximum Gasteiger partial charge on any atom is 0.226 e. The average molecular weight is 340 g/mol. The van der Waals surface area contributed by atoms with Crippen LogP contribution in [-0.4, -0.2) is 24.5 Å². The molecule has 0 saturated heterocycles. The fraction of sp³-hybridized carbons (Fsp3) is 0.500. The van der Waals surface area contributed by atoms with E-state index < -0.39 is 0 Å². The van der Waals surface area contributed by atoms with Gasteiger partial charge in [-0.3, -0.25) is 4.99 Å². The Hall–Kier alpha value is -2.30. The van der Waals surface area contributed by atoms with E-state index in [1.165, 1.54) is 38.5 Å². The number of hydrogen-bond acceptors (Lipinski definition) is 3. The first kappa shape index (κ1) is 17.5. The summed E-state index contributed by atoms with van der Waals surface area (Å²) < 4.78 is 5.56. The van der Waals surface area contributed by atoms with Crippen LogP contribution in [0.5, 0.6) is 0 Å². The Morgan fingerprint density at radius 3 is 2.76 bits per heavy atom. The first-order valence-electron chi connectivity index (χ1n) is 9.29. The summed E-state index contributed by atoms with van der Waals surface area (Å²) in [6.45, 7) is 1.56. The van der Waals surface area contributed by atoms with Crippen molar-refractivity contribution < 1.29 is 4.42 Å². The second-order valence-electron chi connectivity index (χ2n) is 6.66. The van der Waals surface area contributed by atoms with Crippen molar-refractivity contribution in [2.75, 3.05) is 13.6 Å². The first-order valence-corrected chi connectivity index (χ1v) is 9.29. The maximum absolute atomic E-state index is 5.56. The lowest BCUT2D eigenvalue weighted by Crippen LogP contribution is -2.37. The Labute approximate surface area is 150 Å². The number of guanidine groups is 1. The largest absolute Gasteiger partial charge is 0.444 e. The molecule has 2 N–H and O–H groups in total. The fourth-order valence-electron chi connectivity index (χ4n) is 3.39. The SMILES string of the molecule is CN=C(NCCCC1CCCC1)NCc1coc(-c2ccccc2)n1. The van der Waals surface area contributed by atoms with Crippen molar-refractivity contribution in [3.05, 3.63) is 42.3 Å². The standard InChI is InChI=1S/C20H28N4O/c1-21-20(22-13-7-10-16-8-5-6-9-16)23-14-18-15-25-19(24-18)17-11-3-2-4-12-17/h2-4,11-12,15-16H,5-10,13-14H2,1H3,(H2,21,22,23). The summed E-state index contributed by atoms with van der Waals surface area (Å²) in [5.74, 6) is 2.41. The third-order valence-electron chi connectivity index (χ3n) is 4.79. The van der Waals surface area contributed by atoms with Crippen molar-refractivity contribution in [3.8, 4) is 11.5 Å². The van der Waals surface area contributed by atoms with E-state index in [1.54, 1.807) is 13.3 Å². The predicted octanol–water partition coefficient (Wildman–Crippen LogP) is 3.98. The second kappa shape index (κ2) is 9.25. The van der Waals surface area contributed by atoms with Crippen LogP contribution in [0.4, 0.5) is 0 Å². The van der Waals surface area contributed by atoms with E-state index in [0.717, 1.165) is 29.7 Å². The lowest BCUT2D eigenvalue weighted by atomic mass is 10.0. The summed E-state index contributed by atoms with van der Waals surface area (Å²) in [5.41, 5.74) is 1.86. The van der Waals surface area contributed by atoms with Gasteiger partial charge < -0.3 is 15.1 Å². The zero-order valence-electron chi connectivity index (χ0n) is 15.0. The molecule has 1 aromatic carbocycles. The van der Waals surface area contributed by atoms with E-state index in [1.807, 2.05) is 30.3 Å². The zero-order chi connectivity index (χ0) is 17.3. The van der Waals surface area contributed by atoms with Crippen LogP contribution in [0.1, 0.15) is 44.2 Å². The van der Waals surface area contributed by atoms with Gasteiger partial charge in [0.25, 0.3) is 0 Å². The van der Waals surface area contributed by atoms with Crippen LogP contribution in [0.3, 0.4) is 0 Å². The van der Waals surface area contributed by atoms with Crippen LogP contribution in [0.2, 0.25) is 0 Å². The van der Waals surface area contributed by atoms with E-state index in [9.17, 15) is 0 Å². The quantitative estimate of drug-likeness (QED) is 0.455. The summed E-state index contributed by atoms with van der Waals surface area (Å²) in [6.07, 6.45) is 9.91. The van der Waals surface area contributed by atoms with E-state index in [-0.39, 0.29) is 0 Å². The van der Waals surface area contributed by atoms with Gasteiger partial charge >= 0.3 is 0 Å². The third-order valence-corrected chi connectivity index (χ3v) is 4.79. The number of hydrogen-bond donors (Lipinski definition) is 2. The van der Waals surface area contributed by atoms with Gasteiger partial charge in [-0.05, 0) is 30.9 Å². The van der Waals surface area contributed by atoms with Crippen molar-refractivity contribution in [1.29, 1.82) is 0 Å². The van der Waals surface area contributed by atoms with Crippen molar-refractivity contribution in [2.24, 2.45) is 10.9 Å². The highest BCUT2D eigenvalue weighted by molar-refractivity contribution is 5.79. The van der Waals surface area contributed by atoms with E-state index >= 15 is 0 Å². The van der Waals surface area contributed by atoms with Crippen LogP contribution in [0.25, 0.3) is 11.5 Å². The van der Waals surface area contributed by atoms with Gasteiger partial charge in [0.1, 0.15) is 6.26 Å². The van der Waals surface area contributed by atoms with Gasteiger partial charge in [0.15, 0.2) is 5.96 Å². The summed E-state index contributed by atoms with van der Waals surface area (Å²) in [4.78, 5) is 8.80. The molecule has 134 valence electrons. The smallest absolute Gasteiger partial charge is 0.226 e. The summed E-state index contributed by atoms with van der Waals surface area (Å²) in [5, 5.41) is 6.68. The Morgan fingerprint density at radius 1 is 1.20 bits per heavy atom. The van der Waals surface area contributed by atoms with Crippen molar-refractivity contribution in [2.45, 2.75) is 45.1 Å². The highest BCUT2D eigenvalue weighted by Gasteiger charge is 2.14. The summed E-state index contributed by atoms with van der Waals surface area (Å²) in [6, 6.07) is 9.93. The molecule has 1 fully saturated rings. The molecule has 0 atom stereocenters. The molecule has 25 heavy (non-hydrogen) atoms. The fourth-order valence-corrected chi connectivity index (χ4v) is 3.39. The molecule has 1 saturated carbocycles. The Bertz CT molecular complexity index is 659. The van der Waals surface area contributed by atoms with Gasteiger partial charge in [-0.15, -0.1) is 0 Å². The van der Waals surface area contributed by atoms with E-state index in [2.05, 4.69) is 20.6 Å². The van der Waals surface area contributed by atoms with Crippen LogP contribution >= 0.6 is 0 Å². The summed E-state index contributed by atoms with van der Waals surface area (Å²) in [7, 11) is 1.80. The molecule has 2 aromatic rings. The topological polar surface area (TPSA) is 62.5 Å². The van der Waals surface area contributed by atoms with Gasteiger partial charge in [-0.25, -0.2) is 4.98 Å². The minimum absolute atomic E-state index is 0.596. The van der Waals surface area contributed by atoms with Crippen LogP contribution < -0.4 is 10.6 Å². The molecule has 1 aromatic heterocycles. The number of aliphatic imine (C=N–C) groups is 1. The Kier molecular flexibility index (Phi) is 6.48. The molecule has 0 aliphatic heterocycles. The van der Waals surface area contributed by atoms with Crippen LogP contribution in [-0.2, 0) is 6.54 Å². The number of oxazole rings is 1. The molecule has 5 heteroatoms. The normalized spacial score (nSPS) is 15.5. The van der Waals surface area contributed by atoms with Crippen molar-refractivity contribution >= 4 is 5.96 Å². The monoisotopic (exact) mass is 340 g/mol. The molecule has 0 bridgehead atoms. The van der Waals surface area contributed by atoms with Crippen molar-refractivity contribution in [1.82, 2.24) is 15.6 Å². The molecule has 0 spiro atoms. The molecule has 0 amide bonds. The number of aromatic nitrogens is 1. The lowest BCUT2D eigenvalue weighted by Gasteiger charge is -2.12. The van der Waals surface area contributed by atoms with Crippen molar-refractivity contribution in [3.63, 3.8) is 0 Å². The van der Waals surface area contributed by atoms with Gasteiger partial charge in [-0.1, -0.05) is 43.9 Å². The molecule has 0 radical (unpaired) electrons. The molecule has 3 rings (SSSR count). The van der Waals surface area contributed by atoms with Crippen LogP contribution in [0, 0.1) is 5.92 Å². The van der Waals surface area contributed by atoms with E-state index in [0.29, 0.717) is 12.4 Å². The van der Waals surface area contributed by atoms with Crippen LogP contribution in [0.15, 0.2) is 46.0 Å². The minimum atomic E-state index is 0.596. The molecule has 1 aliphatic rings. The molecule has 1 aliphatic carbocycles. The summed E-state index contributed by atoms with van der Waals surface area (Å²) >= 11 is 0. The third kappa shape index (κ3) is 5.34. The number of nitrogens with zero attached hydrogens (tertiary/aromatic N) is 2. The molecule has 1 heterocycles. The molecule has 5 nitrogen and oxygen atoms in total. The molecular formula is C20H28N4O. The minimum Gasteiger partial charge on any atom is -0.444 e. The maximum atomic E-state index is 5.56. The molecule has 0 unspecified atom stereocenters. The Balaban J connectivity index is 1.40. The number of nitrogens with one attached hydrogen (secondary N) is 2. The number of benzene rings is 1. The van der Waals surface area contributed by atoms with Gasteiger partial charge in [0, 0.05) is 19.2 Å². The lowest BCUT2D eigenvalue weighted by molar-refractivity contribution is 0.481. The predicted molar refractivity (Wildman–Crippen MR) is 101 cm³/mol. The van der Waals surface area contributed by atoms with Gasteiger partial charge in [-0.2, -0.15) is 0 Å². The molecular weight excluding hydrogens is 312 g/mol. The highest BCUT2D eigenvalue weighted by Crippen LogP contribution is 2.28. The van der Waals surface area contributed by atoms with E-state index in [4.69, 9.17) is 4.42 Å².